The summed E-state index contributed by atoms with van der Waals surface area (Å²) in [4.78, 5) is 8.83. The van der Waals surface area contributed by atoms with Crippen LogP contribution < -0.4 is 0 Å². The van der Waals surface area contributed by atoms with Gasteiger partial charge in [-0.25, -0.2) is 0 Å². The van der Waals surface area contributed by atoms with E-state index >= 15 is 0 Å². The van der Waals surface area contributed by atoms with Gasteiger partial charge in [-0.2, -0.15) is 0 Å². The van der Waals surface area contributed by atoms with Gasteiger partial charge in [-0.3, -0.25) is 10.1 Å². The van der Waals surface area contributed by atoms with E-state index in [1.54, 1.807) is 0 Å². The Morgan fingerprint density at radius 3 is 2.19 bits per heavy atom. The predicted molar refractivity (Wildman–Crippen MR) is 68.3 cm³/mol. The third-order valence-electron chi connectivity index (χ3n) is 2.62. The summed E-state index contributed by atoms with van der Waals surface area (Å²) in [6.45, 7) is 2.18. The Kier molecular flexibility index (Phi) is 9.92. The van der Waals surface area contributed by atoms with E-state index in [2.05, 4.69) is 22.9 Å². The minimum Gasteiger partial charge on any atom is -0.385 e. The Morgan fingerprint density at radius 1 is 1.19 bits per heavy atom. The lowest BCUT2D eigenvalue weighted by Gasteiger charge is -2.10. The zero-order valence-electron chi connectivity index (χ0n) is 9.90. The van der Waals surface area contributed by atoms with Gasteiger partial charge in [-0.05, 0) is 22.4 Å². The molecule has 0 aromatic rings. The Morgan fingerprint density at radius 2 is 1.69 bits per heavy atom. The fraction of sp³-hybridized carbons (Fsp3) is 1.00. The van der Waals surface area contributed by atoms with E-state index in [-0.39, 0.29) is 0 Å². The molecule has 2 unspecified atom stereocenters. The smallest absolute Gasteiger partial charge is 0.291 e. The summed E-state index contributed by atoms with van der Waals surface area (Å²) in [6.07, 6.45) is 7.75. The average molecular weight is 296 g/mol. The van der Waals surface area contributed by atoms with Crippen LogP contribution >= 0.6 is 15.9 Å². The normalized spacial score (nSPS) is 14.7. The summed E-state index contributed by atoms with van der Waals surface area (Å²) in [6, 6.07) is 0. The molecule has 5 heteroatoms. The highest BCUT2D eigenvalue weighted by Crippen LogP contribution is 2.15. The number of hydrogen-bond acceptors (Lipinski definition) is 3. The molecule has 0 aliphatic carbocycles. The standard InChI is InChI=1S/C11H22BrNO3/c1-2-3-4-5-6-7-8-9-10(14)11(12)13(15)16/h10-11,14H,2-9H2,1H3. The van der Waals surface area contributed by atoms with Crippen molar-refractivity contribution in [2.24, 2.45) is 0 Å². The summed E-state index contributed by atoms with van der Waals surface area (Å²) in [7, 11) is 0. The molecular weight excluding hydrogens is 274 g/mol. The fourth-order valence-electron chi connectivity index (χ4n) is 1.59. The van der Waals surface area contributed by atoms with Crippen molar-refractivity contribution in [1.29, 1.82) is 0 Å². The van der Waals surface area contributed by atoms with E-state index in [4.69, 9.17) is 0 Å². The summed E-state index contributed by atoms with van der Waals surface area (Å²) in [5.41, 5.74) is 0. The quantitative estimate of drug-likeness (QED) is 0.221. The van der Waals surface area contributed by atoms with Crippen molar-refractivity contribution in [2.45, 2.75) is 69.3 Å². The Labute approximate surface area is 106 Å². The topological polar surface area (TPSA) is 63.4 Å². The van der Waals surface area contributed by atoms with E-state index in [1.165, 1.54) is 25.7 Å². The molecule has 4 nitrogen and oxygen atoms in total. The number of rotatable bonds is 10. The van der Waals surface area contributed by atoms with Gasteiger partial charge >= 0.3 is 0 Å². The number of nitrogens with zero attached hydrogens (tertiary/aromatic N) is 1. The maximum absolute atomic E-state index is 10.3. The highest BCUT2D eigenvalue weighted by molar-refractivity contribution is 9.09. The van der Waals surface area contributed by atoms with Crippen LogP contribution in [0.5, 0.6) is 0 Å². The first kappa shape index (κ1) is 15.8. The lowest BCUT2D eigenvalue weighted by Crippen LogP contribution is -2.27. The molecule has 0 radical (unpaired) electrons. The molecule has 0 fully saturated rings. The monoisotopic (exact) mass is 295 g/mol. The molecule has 0 bridgehead atoms. The second-order valence-corrected chi connectivity index (χ2v) is 5.07. The summed E-state index contributed by atoms with van der Waals surface area (Å²) in [5.74, 6) is 0. The van der Waals surface area contributed by atoms with Crippen molar-refractivity contribution < 1.29 is 10.0 Å². The van der Waals surface area contributed by atoms with E-state index in [1.807, 2.05) is 0 Å². The molecule has 0 heterocycles. The summed E-state index contributed by atoms with van der Waals surface area (Å²) in [5, 5.41) is 19.8. The molecule has 2 atom stereocenters. The number of hydrogen-bond donors (Lipinski definition) is 1. The summed E-state index contributed by atoms with van der Waals surface area (Å²) < 4.78 is 0. The molecule has 0 aromatic carbocycles. The van der Waals surface area contributed by atoms with Crippen LogP contribution in [0.2, 0.25) is 0 Å². The van der Waals surface area contributed by atoms with Crippen molar-refractivity contribution in [1.82, 2.24) is 0 Å². The van der Waals surface area contributed by atoms with Gasteiger partial charge in [0.25, 0.3) is 4.95 Å². The largest absolute Gasteiger partial charge is 0.385 e. The van der Waals surface area contributed by atoms with Crippen LogP contribution in [0.4, 0.5) is 0 Å². The first-order valence-electron chi connectivity index (χ1n) is 6.05. The molecular formula is C11H22BrNO3. The van der Waals surface area contributed by atoms with E-state index in [9.17, 15) is 15.2 Å². The van der Waals surface area contributed by atoms with Gasteiger partial charge in [0.1, 0.15) is 6.10 Å². The van der Waals surface area contributed by atoms with Gasteiger partial charge < -0.3 is 5.11 Å². The highest BCUT2D eigenvalue weighted by Gasteiger charge is 2.25. The van der Waals surface area contributed by atoms with Crippen molar-refractivity contribution in [3.63, 3.8) is 0 Å². The van der Waals surface area contributed by atoms with Crippen LogP contribution in [-0.2, 0) is 0 Å². The fourth-order valence-corrected chi connectivity index (χ4v) is 1.85. The molecule has 0 spiro atoms. The van der Waals surface area contributed by atoms with E-state index < -0.39 is 16.0 Å². The maximum atomic E-state index is 10.3. The first-order chi connectivity index (χ1) is 7.59. The third-order valence-corrected chi connectivity index (χ3v) is 3.57. The molecule has 0 aromatic heterocycles. The zero-order chi connectivity index (χ0) is 12.4. The molecule has 0 amide bonds. The predicted octanol–water partition coefficient (Wildman–Crippen LogP) is 3.49. The molecule has 0 rings (SSSR count). The molecule has 96 valence electrons. The SMILES string of the molecule is CCCCCCCCCC(O)C(Br)[N+](=O)[O-]. The number of alkyl halides is 1. The molecule has 0 saturated heterocycles. The van der Waals surface area contributed by atoms with Crippen LogP contribution in [0.3, 0.4) is 0 Å². The minimum absolute atomic E-state index is 0.494. The van der Waals surface area contributed by atoms with Crippen molar-refractivity contribution in [3.8, 4) is 0 Å². The lowest BCUT2D eigenvalue weighted by atomic mass is 10.1. The van der Waals surface area contributed by atoms with E-state index in [0.29, 0.717) is 6.42 Å². The van der Waals surface area contributed by atoms with Crippen molar-refractivity contribution in [2.75, 3.05) is 0 Å². The van der Waals surface area contributed by atoms with Gasteiger partial charge in [0, 0.05) is 4.92 Å². The number of aliphatic hydroxyl groups excluding tert-OH is 1. The highest BCUT2D eigenvalue weighted by atomic mass is 79.9. The van der Waals surface area contributed by atoms with Crippen LogP contribution in [0.25, 0.3) is 0 Å². The van der Waals surface area contributed by atoms with Gasteiger partial charge in [0.15, 0.2) is 0 Å². The zero-order valence-corrected chi connectivity index (χ0v) is 11.5. The Hall–Kier alpha value is -0.160. The summed E-state index contributed by atoms with van der Waals surface area (Å²) >= 11 is 2.86. The van der Waals surface area contributed by atoms with E-state index in [0.717, 1.165) is 19.3 Å². The number of unbranched alkanes of at least 4 members (excludes halogenated alkanes) is 6. The lowest BCUT2D eigenvalue weighted by molar-refractivity contribution is -0.504. The van der Waals surface area contributed by atoms with Crippen LogP contribution in [0.1, 0.15) is 58.3 Å². The molecule has 1 N–H and O–H groups in total. The van der Waals surface area contributed by atoms with Gasteiger partial charge in [0.2, 0.25) is 0 Å². The molecule has 16 heavy (non-hydrogen) atoms. The Bertz CT molecular complexity index is 190. The minimum atomic E-state index is -1.02. The van der Waals surface area contributed by atoms with Crippen molar-refractivity contribution in [3.05, 3.63) is 10.1 Å². The third kappa shape index (κ3) is 8.05. The number of halogens is 1. The van der Waals surface area contributed by atoms with Gasteiger partial charge in [-0.1, -0.05) is 51.9 Å². The molecule has 0 aliphatic heterocycles. The molecule has 0 aliphatic rings. The second-order valence-electron chi connectivity index (χ2n) is 4.14. The molecule has 0 saturated carbocycles. The van der Waals surface area contributed by atoms with Gasteiger partial charge in [-0.15, -0.1) is 0 Å². The van der Waals surface area contributed by atoms with Crippen molar-refractivity contribution >= 4 is 15.9 Å². The second kappa shape index (κ2) is 10.0. The number of aliphatic hydroxyl groups is 1. The Balaban J connectivity index is 3.34. The first-order valence-corrected chi connectivity index (χ1v) is 6.96. The van der Waals surface area contributed by atoms with Crippen LogP contribution in [0.15, 0.2) is 0 Å². The number of nitro groups is 1. The van der Waals surface area contributed by atoms with Crippen LogP contribution in [0, 0.1) is 10.1 Å². The van der Waals surface area contributed by atoms with Crippen LogP contribution in [-0.4, -0.2) is 21.1 Å². The maximum Gasteiger partial charge on any atom is 0.291 e. The van der Waals surface area contributed by atoms with Gasteiger partial charge in [0.05, 0.1) is 0 Å². The average Bonchev–Trinajstić information content (AvgIpc) is 2.26.